The van der Waals surface area contributed by atoms with E-state index < -0.39 is 22.8 Å². The molecule has 1 aromatic heterocycles. The molecule has 0 saturated carbocycles. The highest BCUT2D eigenvalue weighted by molar-refractivity contribution is 8.03. The van der Waals surface area contributed by atoms with Crippen LogP contribution in [0.5, 0.6) is 0 Å². The van der Waals surface area contributed by atoms with Gasteiger partial charge < -0.3 is 20.7 Å². The van der Waals surface area contributed by atoms with Crippen molar-refractivity contribution in [2.24, 2.45) is 0 Å². The number of thiol groups is 1. The highest BCUT2D eigenvalue weighted by Gasteiger charge is 2.25. The minimum Gasteiger partial charge on any atom is -0.468 e. The molecule has 0 aliphatic carbocycles. The van der Waals surface area contributed by atoms with Crippen LogP contribution in [0.25, 0.3) is 0 Å². The number of nitrogens with zero attached hydrogens (tertiary/aromatic N) is 1. The number of hydrogen-bond donors (Lipinski definition) is 5. The molecule has 0 radical (unpaired) electrons. The quantitative estimate of drug-likeness (QED) is 0.223. The minimum absolute atomic E-state index is 0.219. The van der Waals surface area contributed by atoms with Gasteiger partial charge in [-0.05, 0) is 30.5 Å². The molecule has 13 heteroatoms. The van der Waals surface area contributed by atoms with Gasteiger partial charge in [-0.15, -0.1) is 11.3 Å². The number of ether oxygens (including phenoxy) is 1. The molecule has 178 valence electrons. The molecule has 2 aromatic rings. The Kier molecular flexibility index (Phi) is 8.97. The molecule has 0 bridgehead atoms. The second-order valence-corrected chi connectivity index (χ2v) is 9.58. The van der Waals surface area contributed by atoms with E-state index in [0.717, 1.165) is 22.7 Å². The molecule has 0 saturated heterocycles. The number of rotatable bonds is 11. The van der Waals surface area contributed by atoms with Gasteiger partial charge in [0.1, 0.15) is 12.2 Å². The summed E-state index contributed by atoms with van der Waals surface area (Å²) in [4.78, 5) is 28.6. The zero-order valence-electron chi connectivity index (χ0n) is 18.0. The molecule has 1 aliphatic rings. The summed E-state index contributed by atoms with van der Waals surface area (Å²) in [6.07, 6.45) is 1.39. The van der Waals surface area contributed by atoms with E-state index in [1.54, 1.807) is 23.5 Å². The number of esters is 1. The monoisotopic (exact) mass is 511 g/mol. The van der Waals surface area contributed by atoms with Crippen molar-refractivity contribution in [2.45, 2.75) is 25.8 Å². The first-order chi connectivity index (χ1) is 15.9. The molecular weight excluding hydrogens is 486 g/mol. The molecule has 0 fully saturated rings. The summed E-state index contributed by atoms with van der Waals surface area (Å²) in [5.74, 6) is -0.418. The second kappa shape index (κ2) is 11.9. The fraction of sp³-hybridized carbons (Fsp3) is 0.350. The Morgan fingerprint density at radius 3 is 2.67 bits per heavy atom. The number of amides is 1. The Labute approximate surface area is 201 Å². The van der Waals surface area contributed by atoms with Crippen molar-refractivity contribution >= 4 is 51.6 Å². The van der Waals surface area contributed by atoms with Crippen LogP contribution < -0.4 is 20.7 Å². The summed E-state index contributed by atoms with van der Waals surface area (Å²) in [6, 6.07) is 6.88. The topological polar surface area (TPSA) is 139 Å². The van der Waals surface area contributed by atoms with E-state index in [1.165, 1.54) is 18.9 Å². The molecule has 1 aliphatic heterocycles. The van der Waals surface area contributed by atoms with Crippen LogP contribution in [0, 0.1) is 0 Å². The summed E-state index contributed by atoms with van der Waals surface area (Å²) >= 11 is 3.03. The van der Waals surface area contributed by atoms with Crippen molar-refractivity contribution in [1.29, 1.82) is 0 Å². The molecule has 10 nitrogen and oxygen atoms in total. The number of thioether (sulfide) groups is 1. The van der Waals surface area contributed by atoms with Gasteiger partial charge in [-0.2, -0.15) is 0 Å². The van der Waals surface area contributed by atoms with E-state index in [1.807, 2.05) is 24.4 Å². The van der Waals surface area contributed by atoms with Crippen molar-refractivity contribution in [1.82, 2.24) is 20.9 Å². The number of thiazole rings is 1. The van der Waals surface area contributed by atoms with Gasteiger partial charge in [0.05, 0.1) is 34.8 Å². The van der Waals surface area contributed by atoms with Crippen molar-refractivity contribution in [3.63, 3.8) is 0 Å². The van der Waals surface area contributed by atoms with Crippen LogP contribution in [0.1, 0.15) is 29.2 Å². The molecule has 0 spiro atoms. The fourth-order valence-corrected chi connectivity index (χ4v) is 5.09. The number of carbonyl (C=O) groups is 2. The fourth-order valence-electron chi connectivity index (χ4n) is 3.03. The molecule has 4 N–H and O–H groups in total. The van der Waals surface area contributed by atoms with E-state index in [-0.39, 0.29) is 12.6 Å². The third-order valence-electron chi connectivity index (χ3n) is 4.69. The number of methoxy groups -OCH3 is 1. The predicted octanol–water partition coefficient (Wildman–Crippen LogP) is 1.27. The van der Waals surface area contributed by atoms with Crippen LogP contribution in [0.3, 0.4) is 0 Å². The Balaban J connectivity index is 1.80. The van der Waals surface area contributed by atoms with Crippen molar-refractivity contribution in [3.05, 3.63) is 56.6 Å². The zero-order valence-corrected chi connectivity index (χ0v) is 20.6. The van der Waals surface area contributed by atoms with E-state index in [4.69, 9.17) is 4.98 Å². The number of benzene rings is 1. The van der Waals surface area contributed by atoms with Gasteiger partial charge in [-0.25, -0.2) is 13.4 Å². The smallest absolute Gasteiger partial charge is 0.325 e. The number of carbonyl (C=O) groups excluding carboxylic acids is 2. The highest BCUT2D eigenvalue weighted by Crippen LogP contribution is 2.29. The van der Waals surface area contributed by atoms with Crippen molar-refractivity contribution < 1.29 is 22.7 Å². The lowest BCUT2D eigenvalue weighted by atomic mass is 10.0. The summed E-state index contributed by atoms with van der Waals surface area (Å²) in [7, 11) is -1.46. The third-order valence-corrected chi connectivity index (χ3v) is 7.04. The number of hydrogen-bond acceptors (Lipinski definition) is 10. The summed E-state index contributed by atoms with van der Waals surface area (Å²) < 4.78 is 28.7. The first-order valence-corrected chi connectivity index (χ1v) is 13.1. The lowest BCUT2D eigenvalue weighted by molar-refractivity contribution is -0.140. The summed E-state index contributed by atoms with van der Waals surface area (Å²) in [5, 5.41) is 12.7. The molecular formula is C20H25N5O5S3. The van der Waals surface area contributed by atoms with Crippen LogP contribution >= 0.6 is 23.1 Å². The van der Waals surface area contributed by atoms with Gasteiger partial charge in [-0.1, -0.05) is 30.8 Å². The van der Waals surface area contributed by atoms with Gasteiger partial charge in [0.2, 0.25) is 10.9 Å². The average Bonchev–Trinajstić information content (AvgIpc) is 3.47. The Bertz CT molecular complexity index is 1090. The summed E-state index contributed by atoms with van der Waals surface area (Å²) in [6.45, 7) is 1.82. The molecule has 1 amide bonds. The number of aromatic nitrogens is 1. The first-order valence-electron chi connectivity index (χ1n) is 10.1. The van der Waals surface area contributed by atoms with E-state index >= 15 is 0 Å². The maximum absolute atomic E-state index is 12.6. The van der Waals surface area contributed by atoms with Crippen molar-refractivity contribution in [2.75, 3.05) is 24.3 Å². The average molecular weight is 512 g/mol. The maximum atomic E-state index is 12.6. The molecule has 1 atom stereocenters. The van der Waals surface area contributed by atoms with Crippen molar-refractivity contribution in [3.8, 4) is 0 Å². The predicted molar refractivity (Wildman–Crippen MR) is 129 cm³/mol. The molecule has 2 heterocycles. The van der Waals surface area contributed by atoms with Gasteiger partial charge in [0.15, 0.2) is 0 Å². The number of aryl methyl sites for hydroxylation is 1. The van der Waals surface area contributed by atoms with Crippen LogP contribution in [0.2, 0.25) is 0 Å². The molecule has 33 heavy (non-hydrogen) atoms. The molecule has 0 unspecified atom stereocenters. The highest BCUT2D eigenvalue weighted by atomic mass is 32.2. The Morgan fingerprint density at radius 2 is 2.03 bits per heavy atom. The van der Waals surface area contributed by atoms with Gasteiger partial charge >= 0.3 is 5.97 Å². The van der Waals surface area contributed by atoms with Gasteiger partial charge in [-0.3, -0.25) is 14.3 Å². The van der Waals surface area contributed by atoms with Crippen LogP contribution in [-0.2, 0) is 38.1 Å². The molecule has 1 aromatic carbocycles. The van der Waals surface area contributed by atoms with E-state index in [2.05, 4.69) is 25.4 Å². The van der Waals surface area contributed by atoms with Crippen LogP contribution in [0.4, 0.5) is 5.69 Å². The number of nitrogens with one attached hydrogen (secondary N) is 4. The third kappa shape index (κ3) is 7.11. The SMILES string of the molecule is CCc1nc([C@H](Cc2ccc(N[SH](=O)=O)cc2)NC2=C(C(=O)NCC(=O)OC)NCS2)cs1. The Hall–Kier alpha value is -2.77. The summed E-state index contributed by atoms with van der Waals surface area (Å²) in [5.41, 5.74) is 2.68. The normalized spacial score (nSPS) is 14.0. The molecule has 3 rings (SSSR count). The second-order valence-electron chi connectivity index (χ2n) is 6.91. The van der Waals surface area contributed by atoms with Crippen LogP contribution in [0.15, 0.2) is 40.4 Å². The van der Waals surface area contributed by atoms with E-state index in [0.29, 0.717) is 28.7 Å². The standard InChI is InChI=1S/C20H25N5O5S3/c1-3-16-23-15(10-31-16)14(8-12-4-6-13(7-5-12)25-33(28)29)24-20-18(22-11-32-20)19(27)21-9-17(26)30-2/h4-7,10,14,22,24,33H,3,8-9,11H2,1-2H3,(H,21,27)(H,25,28,29)/t14-/m0/s1. The zero-order chi connectivity index (χ0) is 23.8. The number of anilines is 1. The van der Waals surface area contributed by atoms with E-state index in [9.17, 15) is 18.0 Å². The minimum atomic E-state index is -2.72. The Morgan fingerprint density at radius 1 is 1.27 bits per heavy atom. The maximum Gasteiger partial charge on any atom is 0.325 e. The lowest BCUT2D eigenvalue weighted by Crippen LogP contribution is -2.35. The van der Waals surface area contributed by atoms with Gasteiger partial charge in [0, 0.05) is 11.1 Å². The first kappa shape index (κ1) is 24.9. The van der Waals surface area contributed by atoms with Crippen LogP contribution in [-0.4, -0.2) is 44.8 Å². The van der Waals surface area contributed by atoms with Gasteiger partial charge in [0.25, 0.3) is 5.91 Å². The lowest BCUT2D eigenvalue weighted by Gasteiger charge is -2.19. The largest absolute Gasteiger partial charge is 0.468 e.